The molecule has 2 saturated carbocycles. The summed E-state index contributed by atoms with van der Waals surface area (Å²) in [6.07, 6.45) is -0.970. The van der Waals surface area contributed by atoms with Crippen molar-refractivity contribution in [3.8, 4) is 0 Å². The van der Waals surface area contributed by atoms with E-state index in [9.17, 15) is 32.7 Å². The number of carbonyl (C=O) groups is 3. The Balaban J connectivity index is 1.01. The average molecular weight is 845 g/mol. The van der Waals surface area contributed by atoms with Crippen molar-refractivity contribution in [1.82, 2.24) is 10.2 Å². The smallest absolute Gasteiger partial charge is 0.389 e. The molecule has 10 fully saturated rings. The number of hydrogen-bond donors (Lipinski definition) is 2. The fraction of sp³-hybridized carbons (Fsp3) is 0.929. The minimum atomic E-state index is -5.29. The van der Waals surface area contributed by atoms with Crippen LogP contribution in [0.5, 0.6) is 0 Å². The van der Waals surface area contributed by atoms with E-state index in [2.05, 4.69) is 26.1 Å². The third kappa shape index (κ3) is 7.47. The van der Waals surface area contributed by atoms with Crippen LogP contribution in [-0.4, -0.2) is 107 Å². The predicted octanol–water partition coefficient (Wildman–Crippen LogP) is 5.48. The van der Waals surface area contributed by atoms with E-state index in [-0.39, 0.29) is 61.2 Å². The van der Waals surface area contributed by atoms with Crippen LogP contribution in [0.4, 0.5) is 13.2 Å². The molecule has 0 aromatic carbocycles. The number of ketones is 1. The summed E-state index contributed by atoms with van der Waals surface area (Å²) >= 11 is 0. The number of amides is 2. The summed E-state index contributed by atoms with van der Waals surface area (Å²) in [5.41, 5.74) is -1.65. The molecule has 4 bridgehead atoms. The lowest BCUT2D eigenvalue weighted by molar-refractivity contribution is -0.571. The molecule has 59 heavy (non-hydrogen) atoms. The first-order chi connectivity index (χ1) is 27.9. The molecule has 8 aliphatic heterocycles. The lowest BCUT2D eigenvalue weighted by Crippen LogP contribution is -2.70. The molecule has 14 nitrogen and oxygen atoms in total. The highest BCUT2D eigenvalue weighted by Gasteiger charge is 2.71. The van der Waals surface area contributed by atoms with Crippen molar-refractivity contribution in [3.05, 3.63) is 0 Å². The second-order valence-electron chi connectivity index (χ2n) is 19.5. The maximum atomic E-state index is 14.5. The van der Waals surface area contributed by atoms with Crippen LogP contribution in [0, 0.1) is 47.3 Å². The van der Waals surface area contributed by atoms with E-state index in [1.807, 2.05) is 20.8 Å². The van der Waals surface area contributed by atoms with Crippen LogP contribution in [0.1, 0.15) is 119 Å². The molecule has 10 rings (SSSR count). The number of fused-ring (bicyclic) bond motifs is 4. The number of halogens is 3. The standard InChI is InChI=1S/C42H63F3N2O12/c1-22-9-11-29-24(3)32(52-36-40(29)27(22)15-17-38(5,54-36)56-58-40)8-7-19-47(35(51)42(43,44)45)31(34(50)46-20-26(49)21-48)13-14-33-25(4)30-12-10-23(2)28-16-18-39(6)55-37(53-33)41(28,30)59-57-39/h22-25,27-33,36-37,48H,7-21H2,1-6H3,(H,46,50)/t22-,23-,24-,25-,27?,28?,29?,30?,31?,32-,33-,36-,37-,38+,39+,40-,41-/m1/s1. The van der Waals surface area contributed by atoms with Crippen molar-refractivity contribution in [1.29, 1.82) is 0 Å². The first-order valence-electron chi connectivity index (χ1n) is 22.0. The summed E-state index contributed by atoms with van der Waals surface area (Å²) in [4.78, 5) is 64.2. The van der Waals surface area contributed by atoms with E-state index < -0.39 is 97.1 Å². The molecule has 17 heteroatoms. The lowest BCUT2D eigenvalue weighted by atomic mass is 9.57. The van der Waals surface area contributed by atoms with Crippen LogP contribution < -0.4 is 5.32 Å². The number of aliphatic hydroxyl groups excluding tert-OH is 1. The summed E-state index contributed by atoms with van der Waals surface area (Å²) in [6.45, 7) is 10.3. The monoisotopic (exact) mass is 844 g/mol. The fourth-order valence-electron chi connectivity index (χ4n) is 12.8. The minimum absolute atomic E-state index is 0.0112. The summed E-state index contributed by atoms with van der Waals surface area (Å²) < 4.78 is 69.7. The molecule has 8 heterocycles. The first kappa shape index (κ1) is 43.7. The van der Waals surface area contributed by atoms with Gasteiger partial charge in [0.2, 0.25) is 17.5 Å². The first-order valence-corrected chi connectivity index (χ1v) is 22.0. The molecule has 0 radical (unpaired) electrons. The van der Waals surface area contributed by atoms with Gasteiger partial charge < -0.3 is 34.3 Å². The molecule has 0 aromatic rings. The van der Waals surface area contributed by atoms with Crippen molar-refractivity contribution in [2.45, 2.75) is 178 Å². The molecule has 0 aromatic heterocycles. The molecule has 2 amide bonds. The minimum Gasteiger partial charge on any atom is -0.389 e. The maximum absolute atomic E-state index is 14.5. The van der Waals surface area contributed by atoms with E-state index in [0.29, 0.717) is 29.6 Å². The number of nitrogens with zero attached hydrogens (tertiary/aromatic N) is 1. The number of rotatable bonds is 12. The average Bonchev–Trinajstić information content (AvgIpc) is 3.57. The van der Waals surface area contributed by atoms with Crippen molar-refractivity contribution < 1.29 is 71.2 Å². The van der Waals surface area contributed by atoms with E-state index >= 15 is 0 Å². The van der Waals surface area contributed by atoms with Crippen LogP contribution >= 0.6 is 0 Å². The summed E-state index contributed by atoms with van der Waals surface area (Å²) in [7, 11) is 0. The van der Waals surface area contributed by atoms with Crippen LogP contribution in [0.25, 0.3) is 0 Å². The third-order valence-electron chi connectivity index (χ3n) is 16.0. The van der Waals surface area contributed by atoms with Crippen LogP contribution in [0.2, 0.25) is 0 Å². The number of hydrogen-bond acceptors (Lipinski definition) is 12. The number of alkyl halides is 3. The van der Waals surface area contributed by atoms with Crippen molar-refractivity contribution >= 4 is 17.6 Å². The second-order valence-corrected chi connectivity index (χ2v) is 19.5. The number of Topliss-reactive ketones (excluding diaryl/α,β-unsaturated/α-hetero) is 1. The Labute approximate surface area is 344 Å². The fourth-order valence-corrected chi connectivity index (χ4v) is 12.8. The Morgan fingerprint density at radius 1 is 0.746 bits per heavy atom. The quantitative estimate of drug-likeness (QED) is 0.239. The number of ether oxygens (including phenoxy) is 4. The van der Waals surface area contributed by atoms with Crippen molar-refractivity contribution in [2.24, 2.45) is 47.3 Å². The molecule has 2 aliphatic carbocycles. The molecule has 334 valence electrons. The molecular weight excluding hydrogens is 781 g/mol. The Morgan fingerprint density at radius 2 is 1.25 bits per heavy atom. The largest absolute Gasteiger partial charge is 0.471 e. The zero-order chi connectivity index (χ0) is 42.3. The Hall–Kier alpha value is -1.96. The van der Waals surface area contributed by atoms with Crippen molar-refractivity contribution in [3.63, 3.8) is 0 Å². The Morgan fingerprint density at radius 3 is 1.75 bits per heavy atom. The zero-order valence-corrected chi connectivity index (χ0v) is 35.1. The van der Waals surface area contributed by atoms with Crippen LogP contribution in [0.3, 0.4) is 0 Å². The van der Waals surface area contributed by atoms with Gasteiger partial charge in [0.15, 0.2) is 29.6 Å². The number of aliphatic hydroxyl groups is 1. The molecule has 17 atom stereocenters. The Kier molecular flexibility index (Phi) is 11.8. The van der Waals surface area contributed by atoms with Crippen LogP contribution in [-0.2, 0) is 52.9 Å². The van der Waals surface area contributed by atoms with Gasteiger partial charge in [-0.15, -0.1) is 0 Å². The van der Waals surface area contributed by atoms with Gasteiger partial charge in [0.25, 0.3) is 0 Å². The predicted molar refractivity (Wildman–Crippen MR) is 199 cm³/mol. The van der Waals surface area contributed by atoms with E-state index in [1.165, 1.54) is 0 Å². The topological polar surface area (TPSA) is 161 Å². The maximum Gasteiger partial charge on any atom is 0.471 e. The van der Waals surface area contributed by atoms with Gasteiger partial charge in [-0.3, -0.25) is 14.4 Å². The van der Waals surface area contributed by atoms with Gasteiger partial charge in [0.1, 0.15) is 12.6 Å². The van der Waals surface area contributed by atoms with Gasteiger partial charge in [0.05, 0.1) is 18.8 Å². The second kappa shape index (κ2) is 16.0. The Bertz CT molecular complexity index is 1610. The molecule has 2 N–H and O–H groups in total. The van der Waals surface area contributed by atoms with Gasteiger partial charge in [-0.05, 0) is 114 Å². The lowest BCUT2D eigenvalue weighted by Gasteiger charge is -2.60. The highest BCUT2D eigenvalue weighted by Crippen LogP contribution is 2.62. The molecule has 2 spiro atoms. The summed E-state index contributed by atoms with van der Waals surface area (Å²) in [5, 5.41) is 11.7. The highest BCUT2D eigenvalue weighted by molar-refractivity contribution is 5.92. The SMILES string of the molecule is C[C@@H]1CCC2[C@@H](C)[C@@H](CCCN(C(=O)C(F)(F)F)C(CC[C@H]3O[C@@H]4O[C@]5(C)CCC6[C@H](C)CCC([C@H]3C)[C@]64OO5)C(=O)NCC(=O)CO)O[C@@H]3O[C@]4(C)CCC1[C@@]23OO4. The third-order valence-corrected chi connectivity index (χ3v) is 16.0. The van der Waals surface area contributed by atoms with Gasteiger partial charge in [-0.25, -0.2) is 19.6 Å². The van der Waals surface area contributed by atoms with Crippen molar-refractivity contribution in [2.75, 3.05) is 19.7 Å². The molecular formula is C42H63F3N2O12. The van der Waals surface area contributed by atoms with Gasteiger partial charge in [-0.2, -0.15) is 13.2 Å². The summed E-state index contributed by atoms with van der Waals surface area (Å²) in [5.74, 6) is -5.15. The zero-order valence-electron chi connectivity index (χ0n) is 35.1. The van der Waals surface area contributed by atoms with Gasteiger partial charge in [0, 0.05) is 31.2 Å². The van der Waals surface area contributed by atoms with E-state index in [4.69, 9.17) is 38.5 Å². The highest BCUT2D eigenvalue weighted by atomic mass is 19.4. The van der Waals surface area contributed by atoms with E-state index in [0.717, 1.165) is 38.5 Å². The normalized spacial score (nSPS) is 46.6. The molecule has 8 saturated heterocycles. The van der Waals surface area contributed by atoms with E-state index in [1.54, 1.807) is 0 Å². The van der Waals surface area contributed by atoms with Gasteiger partial charge in [-0.1, -0.05) is 27.7 Å². The molecule has 5 unspecified atom stereocenters. The van der Waals surface area contributed by atoms with Gasteiger partial charge >= 0.3 is 12.1 Å². The number of nitrogens with one attached hydrogen (secondary N) is 1. The summed E-state index contributed by atoms with van der Waals surface area (Å²) in [6, 6.07) is -1.61. The van der Waals surface area contributed by atoms with Crippen LogP contribution in [0.15, 0.2) is 0 Å². The molecule has 10 aliphatic rings. The number of carbonyl (C=O) groups excluding carboxylic acids is 3.